The van der Waals surface area contributed by atoms with E-state index in [2.05, 4.69) is 25.2 Å². The molecule has 2 aromatic rings. The quantitative estimate of drug-likeness (QED) is 0.148. The van der Waals surface area contributed by atoms with E-state index in [9.17, 15) is 35.1 Å². The third-order valence-electron chi connectivity index (χ3n) is 6.30. The standard InChI is InChI=1S/C28H27N3O8/c1-18(6-5-11-39-27(32)22-13-24(30(35)36)15-25(14-22)31(37)38)16-28(4)17-19(2)12-20(3)26(28)21-7-9-23(10-8-21)29(33)34/h5-10,12-17,26H,11H2,1-4H3/b6-5+,18-16+/t26-,28-/m0/s1. The van der Waals surface area contributed by atoms with Crippen LogP contribution in [0.25, 0.3) is 0 Å². The first-order chi connectivity index (χ1) is 18.3. The normalized spacial score (nSPS) is 19.3. The van der Waals surface area contributed by atoms with Gasteiger partial charge >= 0.3 is 5.97 Å². The highest BCUT2D eigenvalue weighted by molar-refractivity contribution is 5.91. The SMILES string of the molecule is CC1=C[C@](C)(/C=C(C)/C=C/COC(=O)c2cc([N+](=O)[O-])cc([N+](=O)[O-])c2)[C@H](c2ccc([N+](=O)[O-])cc2)C(C)=C1. The van der Waals surface area contributed by atoms with Gasteiger partial charge in [-0.15, -0.1) is 0 Å². The predicted octanol–water partition coefficient (Wildman–Crippen LogP) is 6.77. The van der Waals surface area contributed by atoms with Gasteiger partial charge in [-0.3, -0.25) is 30.3 Å². The van der Waals surface area contributed by atoms with E-state index in [1.54, 1.807) is 24.3 Å². The van der Waals surface area contributed by atoms with Crippen molar-refractivity contribution in [3.8, 4) is 0 Å². The molecular formula is C28H27N3O8. The maximum absolute atomic E-state index is 12.4. The minimum atomic E-state index is -0.926. The van der Waals surface area contributed by atoms with Crippen LogP contribution < -0.4 is 0 Å². The molecule has 0 amide bonds. The first-order valence-electron chi connectivity index (χ1n) is 11.9. The number of hydrogen-bond donors (Lipinski definition) is 0. The Morgan fingerprint density at radius 2 is 1.51 bits per heavy atom. The lowest BCUT2D eigenvalue weighted by molar-refractivity contribution is -0.394. The largest absolute Gasteiger partial charge is 0.458 e. The summed E-state index contributed by atoms with van der Waals surface area (Å²) in [5.74, 6) is -0.988. The molecule has 11 heteroatoms. The topological polar surface area (TPSA) is 156 Å². The number of carbonyl (C=O) groups is 1. The minimum Gasteiger partial charge on any atom is -0.458 e. The molecule has 0 spiro atoms. The zero-order valence-electron chi connectivity index (χ0n) is 21.8. The molecular weight excluding hydrogens is 506 g/mol. The van der Waals surface area contributed by atoms with Crippen molar-refractivity contribution in [2.75, 3.05) is 6.61 Å². The highest BCUT2D eigenvalue weighted by Crippen LogP contribution is 2.48. The van der Waals surface area contributed by atoms with Gasteiger partial charge in [-0.05, 0) is 32.4 Å². The fourth-order valence-corrected chi connectivity index (χ4v) is 4.99. The number of nitrogens with zero attached hydrogens (tertiary/aromatic N) is 3. The van der Waals surface area contributed by atoms with Gasteiger partial charge < -0.3 is 4.74 Å². The molecule has 0 N–H and O–H groups in total. The van der Waals surface area contributed by atoms with Gasteiger partial charge in [0.05, 0.1) is 26.4 Å². The van der Waals surface area contributed by atoms with Gasteiger partial charge in [-0.1, -0.05) is 60.1 Å². The lowest BCUT2D eigenvalue weighted by atomic mass is 9.66. The van der Waals surface area contributed by atoms with Crippen molar-refractivity contribution in [3.05, 3.63) is 131 Å². The highest BCUT2D eigenvalue weighted by Gasteiger charge is 2.35. The first-order valence-corrected chi connectivity index (χ1v) is 11.9. The Morgan fingerprint density at radius 1 is 0.949 bits per heavy atom. The molecule has 0 unspecified atom stereocenters. The smallest absolute Gasteiger partial charge is 0.338 e. The summed E-state index contributed by atoms with van der Waals surface area (Å²) in [6.45, 7) is 7.84. The van der Waals surface area contributed by atoms with Crippen molar-refractivity contribution >= 4 is 23.0 Å². The number of esters is 1. The van der Waals surface area contributed by atoms with Gasteiger partial charge in [0.1, 0.15) is 6.61 Å². The minimum absolute atomic E-state index is 0.0218. The number of nitro benzene ring substituents is 3. The molecule has 0 saturated heterocycles. The van der Waals surface area contributed by atoms with E-state index in [0.29, 0.717) is 0 Å². The molecule has 1 aliphatic carbocycles. The van der Waals surface area contributed by atoms with Gasteiger partial charge in [0.2, 0.25) is 0 Å². The van der Waals surface area contributed by atoms with Crippen LogP contribution in [0.3, 0.4) is 0 Å². The second-order valence-electron chi connectivity index (χ2n) is 9.57. The Morgan fingerprint density at radius 3 is 2.05 bits per heavy atom. The number of allylic oxidation sites excluding steroid dienone is 7. The maximum Gasteiger partial charge on any atom is 0.338 e. The summed E-state index contributed by atoms with van der Waals surface area (Å²) in [6.07, 6.45) is 9.66. The van der Waals surface area contributed by atoms with Crippen molar-refractivity contribution in [2.24, 2.45) is 5.41 Å². The van der Waals surface area contributed by atoms with Crippen LogP contribution in [0, 0.1) is 35.8 Å². The van der Waals surface area contributed by atoms with Crippen molar-refractivity contribution in [1.82, 2.24) is 0 Å². The molecule has 3 rings (SSSR count). The molecule has 2 aromatic carbocycles. The van der Waals surface area contributed by atoms with E-state index in [0.717, 1.165) is 40.5 Å². The summed E-state index contributed by atoms with van der Waals surface area (Å²) in [6, 6.07) is 9.15. The number of ether oxygens (including phenoxy) is 1. The van der Waals surface area contributed by atoms with Crippen LogP contribution in [0.15, 0.2) is 89.6 Å². The molecule has 0 aromatic heterocycles. The van der Waals surface area contributed by atoms with Gasteiger partial charge in [0, 0.05) is 35.6 Å². The fraction of sp³-hybridized carbons (Fsp3) is 0.250. The molecule has 0 radical (unpaired) electrons. The number of nitro groups is 3. The van der Waals surface area contributed by atoms with Crippen molar-refractivity contribution in [1.29, 1.82) is 0 Å². The van der Waals surface area contributed by atoms with Crippen LogP contribution >= 0.6 is 0 Å². The van der Waals surface area contributed by atoms with Gasteiger partial charge in [0.25, 0.3) is 17.1 Å². The van der Waals surface area contributed by atoms with Crippen LogP contribution in [-0.4, -0.2) is 27.3 Å². The fourth-order valence-electron chi connectivity index (χ4n) is 4.99. The molecule has 0 heterocycles. The van der Waals surface area contributed by atoms with Gasteiger partial charge in [-0.25, -0.2) is 4.79 Å². The summed E-state index contributed by atoms with van der Waals surface area (Å²) in [5, 5.41) is 33.2. The van der Waals surface area contributed by atoms with Crippen LogP contribution in [-0.2, 0) is 4.74 Å². The third kappa shape index (κ3) is 6.89. The molecule has 1 aliphatic rings. The van der Waals surface area contributed by atoms with Crippen LogP contribution in [0.5, 0.6) is 0 Å². The molecule has 0 bridgehead atoms. The van der Waals surface area contributed by atoms with E-state index in [1.165, 1.54) is 12.1 Å². The Kier molecular flexibility index (Phi) is 8.54. The Labute approximate surface area is 224 Å². The van der Waals surface area contributed by atoms with Crippen LogP contribution in [0.1, 0.15) is 49.5 Å². The van der Waals surface area contributed by atoms with Crippen molar-refractivity contribution < 1.29 is 24.3 Å². The Balaban J connectivity index is 1.77. The van der Waals surface area contributed by atoms with E-state index in [4.69, 9.17) is 4.74 Å². The first kappa shape index (κ1) is 28.6. The molecule has 0 aliphatic heterocycles. The summed E-state index contributed by atoms with van der Waals surface area (Å²) < 4.78 is 5.14. The Bertz CT molecular complexity index is 1420. The summed E-state index contributed by atoms with van der Waals surface area (Å²) >= 11 is 0. The van der Waals surface area contributed by atoms with Crippen molar-refractivity contribution in [3.63, 3.8) is 0 Å². The van der Waals surface area contributed by atoms with E-state index < -0.39 is 37.5 Å². The zero-order chi connectivity index (χ0) is 28.9. The number of non-ortho nitro benzene ring substituents is 3. The van der Waals surface area contributed by atoms with Crippen LogP contribution in [0.2, 0.25) is 0 Å². The van der Waals surface area contributed by atoms with Crippen LogP contribution in [0.4, 0.5) is 17.1 Å². The zero-order valence-corrected chi connectivity index (χ0v) is 21.8. The number of rotatable bonds is 9. The average molecular weight is 534 g/mol. The summed E-state index contributed by atoms with van der Waals surface area (Å²) in [7, 11) is 0. The molecule has 11 nitrogen and oxygen atoms in total. The number of hydrogen-bond acceptors (Lipinski definition) is 8. The second-order valence-corrected chi connectivity index (χ2v) is 9.57. The molecule has 2 atom stereocenters. The molecule has 202 valence electrons. The number of benzene rings is 2. The van der Waals surface area contributed by atoms with E-state index >= 15 is 0 Å². The maximum atomic E-state index is 12.4. The predicted molar refractivity (Wildman–Crippen MR) is 144 cm³/mol. The lowest BCUT2D eigenvalue weighted by Crippen LogP contribution is -2.25. The van der Waals surface area contributed by atoms with E-state index in [1.807, 2.05) is 20.8 Å². The van der Waals surface area contributed by atoms with Gasteiger partial charge in [0.15, 0.2) is 0 Å². The molecule has 0 saturated carbocycles. The van der Waals surface area contributed by atoms with E-state index in [-0.39, 0.29) is 23.8 Å². The average Bonchev–Trinajstić information content (AvgIpc) is 2.85. The molecule has 39 heavy (non-hydrogen) atoms. The molecule has 0 fully saturated rings. The van der Waals surface area contributed by atoms with Gasteiger partial charge in [-0.2, -0.15) is 0 Å². The second kappa shape index (κ2) is 11.6. The monoisotopic (exact) mass is 533 g/mol. The third-order valence-corrected chi connectivity index (χ3v) is 6.30. The summed E-state index contributed by atoms with van der Waals surface area (Å²) in [4.78, 5) is 43.5. The highest BCUT2D eigenvalue weighted by atomic mass is 16.6. The number of carbonyl (C=O) groups excluding carboxylic acids is 1. The summed E-state index contributed by atoms with van der Waals surface area (Å²) in [5.41, 5.74) is 2.11. The van der Waals surface area contributed by atoms with Crippen molar-refractivity contribution in [2.45, 2.75) is 33.6 Å². The lowest BCUT2D eigenvalue weighted by Gasteiger charge is -2.38. The Hall–Kier alpha value is -4.93.